The molecule has 2 saturated heterocycles. The summed E-state index contributed by atoms with van der Waals surface area (Å²) in [5.74, 6) is 0.325. The molecule has 0 spiro atoms. The summed E-state index contributed by atoms with van der Waals surface area (Å²) in [4.78, 5) is 29.3. The fourth-order valence-electron chi connectivity index (χ4n) is 3.36. The summed E-state index contributed by atoms with van der Waals surface area (Å²) in [5, 5.41) is 15.0. The molecule has 2 fully saturated rings. The Morgan fingerprint density at radius 2 is 2.04 bits per heavy atom. The molecule has 0 radical (unpaired) electrons. The van der Waals surface area contributed by atoms with Crippen molar-refractivity contribution < 1.29 is 9.59 Å². The molecule has 0 bridgehead atoms. The van der Waals surface area contributed by atoms with Gasteiger partial charge in [-0.15, -0.1) is 21.5 Å². The number of aromatic nitrogens is 2. The third kappa shape index (κ3) is 3.73. The average Bonchev–Trinajstić information content (AvgIpc) is 3.41. The normalized spacial score (nSPS) is 18.5. The molecule has 0 aromatic carbocycles. The van der Waals surface area contributed by atoms with Gasteiger partial charge in [0, 0.05) is 36.9 Å². The Morgan fingerprint density at radius 1 is 1.23 bits per heavy atom. The first-order chi connectivity index (χ1) is 12.7. The number of carbonyl (C=O) groups excluding carboxylic acids is 2. The summed E-state index contributed by atoms with van der Waals surface area (Å²) in [6.45, 7) is 2.93. The van der Waals surface area contributed by atoms with Crippen LogP contribution >= 0.6 is 22.7 Å². The predicted octanol–water partition coefficient (Wildman–Crippen LogP) is 2.26. The van der Waals surface area contributed by atoms with Crippen LogP contribution in [0.15, 0.2) is 17.5 Å². The van der Waals surface area contributed by atoms with E-state index in [4.69, 9.17) is 0 Å². The number of thiophene rings is 1. The predicted molar refractivity (Wildman–Crippen MR) is 103 cm³/mol. The second-order valence-corrected chi connectivity index (χ2v) is 8.54. The van der Waals surface area contributed by atoms with Crippen LogP contribution in [0, 0.1) is 5.92 Å². The van der Waals surface area contributed by atoms with Crippen molar-refractivity contribution in [3.8, 4) is 0 Å². The third-order valence-corrected chi connectivity index (χ3v) is 6.74. The molecule has 4 heterocycles. The van der Waals surface area contributed by atoms with E-state index in [2.05, 4.69) is 20.4 Å². The van der Waals surface area contributed by atoms with Gasteiger partial charge in [-0.1, -0.05) is 17.4 Å². The fourth-order valence-corrected chi connectivity index (χ4v) is 4.95. The molecular weight excluding hydrogens is 370 g/mol. The summed E-state index contributed by atoms with van der Waals surface area (Å²) in [5.41, 5.74) is 0. The van der Waals surface area contributed by atoms with Gasteiger partial charge in [0.15, 0.2) is 0 Å². The molecule has 9 heteroatoms. The SMILES string of the molecule is O=C(NCc1cccs1)C1CCN(c2nnc(N3CCCC3=O)s2)CC1. The van der Waals surface area contributed by atoms with E-state index in [1.807, 2.05) is 17.5 Å². The molecule has 26 heavy (non-hydrogen) atoms. The van der Waals surface area contributed by atoms with Crippen LogP contribution in [0.25, 0.3) is 0 Å². The lowest BCUT2D eigenvalue weighted by Crippen LogP contribution is -2.40. The lowest BCUT2D eigenvalue weighted by atomic mass is 9.96. The Hall–Kier alpha value is -2.00. The van der Waals surface area contributed by atoms with Crippen LogP contribution < -0.4 is 15.1 Å². The lowest BCUT2D eigenvalue weighted by Gasteiger charge is -2.30. The first-order valence-electron chi connectivity index (χ1n) is 8.89. The highest BCUT2D eigenvalue weighted by molar-refractivity contribution is 7.19. The fraction of sp³-hybridized carbons (Fsp3) is 0.529. The van der Waals surface area contributed by atoms with Gasteiger partial charge < -0.3 is 10.2 Å². The minimum atomic E-state index is 0.0544. The standard InChI is InChI=1S/C17H21N5O2S2/c23-14-4-1-7-22(14)17-20-19-16(26-17)21-8-5-12(6-9-21)15(24)18-11-13-3-2-10-25-13/h2-3,10,12H,1,4-9,11H2,(H,18,24). The molecule has 4 rings (SSSR count). The maximum atomic E-state index is 12.4. The van der Waals surface area contributed by atoms with Crippen LogP contribution in [0.3, 0.4) is 0 Å². The smallest absolute Gasteiger partial charge is 0.228 e. The van der Waals surface area contributed by atoms with Crippen molar-refractivity contribution in [2.75, 3.05) is 29.4 Å². The van der Waals surface area contributed by atoms with E-state index in [0.717, 1.165) is 44.0 Å². The Bertz CT molecular complexity index is 768. The van der Waals surface area contributed by atoms with Gasteiger partial charge in [-0.25, -0.2) is 0 Å². The zero-order valence-electron chi connectivity index (χ0n) is 14.4. The summed E-state index contributed by atoms with van der Waals surface area (Å²) >= 11 is 3.13. The van der Waals surface area contributed by atoms with Crippen LogP contribution in [0.2, 0.25) is 0 Å². The number of hydrogen-bond acceptors (Lipinski definition) is 7. The quantitative estimate of drug-likeness (QED) is 0.846. The molecule has 1 N–H and O–H groups in total. The van der Waals surface area contributed by atoms with Gasteiger partial charge in [0.1, 0.15) is 0 Å². The average molecular weight is 392 g/mol. The molecule has 0 atom stereocenters. The Labute approximate surface area is 160 Å². The topological polar surface area (TPSA) is 78.4 Å². The van der Waals surface area contributed by atoms with Crippen molar-refractivity contribution in [2.24, 2.45) is 5.92 Å². The highest BCUT2D eigenvalue weighted by Gasteiger charge is 2.29. The van der Waals surface area contributed by atoms with Gasteiger partial charge in [0.25, 0.3) is 0 Å². The Balaban J connectivity index is 1.29. The minimum absolute atomic E-state index is 0.0544. The molecule has 0 saturated carbocycles. The van der Waals surface area contributed by atoms with Crippen molar-refractivity contribution in [1.29, 1.82) is 0 Å². The van der Waals surface area contributed by atoms with Crippen LogP contribution in [-0.2, 0) is 16.1 Å². The lowest BCUT2D eigenvalue weighted by molar-refractivity contribution is -0.125. The number of piperidine rings is 1. The molecule has 2 amide bonds. The number of carbonyl (C=O) groups is 2. The minimum Gasteiger partial charge on any atom is -0.351 e. The summed E-state index contributed by atoms with van der Waals surface area (Å²) in [6, 6.07) is 4.03. The monoisotopic (exact) mass is 391 g/mol. The first-order valence-corrected chi connectivity index (χ1v) is 10.6. The highest BCUT2D eigenvalue weighted by atomic mass is 32.1. The van der Waals surface area contributed by atoms with Crippen LogP contribution in [0.5, 0.6) is 0 Å². The van der Waals surface area contributed by atoms with Crippen LogP contribution in [0.4, 0.5) is 10.3 Å². The van der Waals surface area contributed by atoms with Gasteiger partial charge >= 0.3 is 0 Å². The Kier molecular flexibility index (Phi) is 5.16. The van der Waals surface area contributed by atoms with E-state index < -0.39 is 0 Å². The second-order valence-electron chi connectivity index (χ2n) is 6.57. The van der Waals surface area contributed by atoms with Gasteiger partial charge in [-0.05, 0) is 30.7 Å². The van der Waals surface area contributed by atoms with E-state index in [-0.39, 0.29) is 17.7 Å². The maximum absolute atomic E-state index is 12.4. The van der Waals surface area contributed by atoms with Crippen molar-refractivity contribution in [3.63, 3.8) is 0 Å². The number of nitrogens with zero attached hydrogens (tertiary/aromatic N) is 4. The number of rotatable bonds is 5. The molecule has 7 nitrogen and oxygen atoms in total. The zero-order chi connectivity index (χ0) is 17.9. The zero-order valence-corrected chi connectivity index (χ0v) is 16.0. The number of nitrogens with one attached hydrogen (secondary N) is 1. The summed E-state index contributed by atoms with van der Waals surface area (Å²) < 4.78 is 0. The van der Waals surface area contributed by atoms with Crippen molar-refractivity contribution in [2.45, 2.75) is 32.2 Å². The van der Waals surface area contributed by atoms with E-state index >= 15 is 0 Å². The van der Waals surface area contributed by atoms with Gasteiger partial charge in [0.2, 0.25) is 22.1 Å². The highest BCUT2D eigenvalue weighted by Crippen LogP contribution is 2.32. The van der Waals surface area contributed by atoms with Crippen LogP contribution in [-0.4, -0.2) is 41.6 Å². The third-order valence-electron chi connectivity index (χ3n) is 4.86. The summed E-state index contributed by atoms with van der Waals surface area (Å²) in [7, 11) is 0. The van der Waals surface area contributed by atoms with Crippen LogP contribution in [0.1, 0.15) is 30.6 Å². The van der Waals surface area contributed by atoms with Crippen molar-refractivity contribution in [1.82, 2.24) is 15.5 Å². The van der Waals surface area contributed by atoms with E-state index in [0.29, 0.717) is 18.1 Å². The molecular formula is C17H21N5O2S2. The number of anilines is 2. The maximum Gasteiger partial charge on any atom is 0.228 e. The van der Waals surface area contributed by atoms with Gasteiger partial charge in [-0.3, -0.25) is 14.5 Å². The number of amides is 2. The number of hydrogen-bond donors (Lipinski definition) is 1. The molecule has 2 aromatic rings. The van der Waals surface area contributed by atoms with Gasteiger partial charge in [0.05, 0.1) is 6.54 Å². The molecule has 0 unspecified atom stereocenters. The molecule has 0 aliphatic carbocycles. The molecule has 2 aliphatic heterocycles. The molecule has 2 aliphatic rings. The van der Waals surface area contributed by atoms with E-state index in [9.17, 15) is 9.59 Å². The largest absolute Gasteiger partial charge is 0.351 e. The van der Waals surface area contributed by atoms with Crippen molar-refractivity contribution in [3.05, 3.63) is 22.4 Å². The molecule has 138 valence electrons. The van der Waals surface area contributed by atoms with Gasteiger partial charge in [-0.2, -0.15) is 0 Å². The molecule has 2 aromatic heterocycles. The Morgan fingerprint density at radius 3 is 2.73 bits per heavy atom. The van der Waals surface area contributed by atoms with E-state index in [1.165, 1.54) is 16.2 Å². The summed E-state index contributed by atoms with van der Waals surface area (Å²) in [6.07, 6.45) is 3.11. The first kappa shape index (κ1) is 17.4. The van der Waals surface area contributed by atoms with E-state index in [1.54, 1.807) is 16.2 Å². The second kappa shape index (κ2) is 7.71. The van der Waals surface area contributed by atoms with Crippen molar-refractivity contribution >= 4 is 44.8 Å².